The molecule has 1 aliphatic rings. The van der Waals surface area contributed by atoms with Gasteiger partial charge in [0, 0.05) is 37.1 Å². The number of nitrogens with one attached hydrogen (secondary N) is 1. The molecular weight excluding hydrogens is 326 g/mol. The molecule has 1 aliphatic heterocycles. The van der Waals surface area contributed by atoms with E-state index >= 15 is 0 Å². The zero-order valence-electron chi connectivity index (χ0n) is 13.5. The number of rotatable bonds is 4. The number of carbonyl (C=O) groups is 1. The topological polar surface area (TPSA) is 54.5 Å². The number of pyridine rings is 1. The number of aromatic nitrogens is 1. The average Bonchev–Trinajstić information content (AvgIpc) is 2.62. The minimum Gasteiger partial charge on any atom is -0.481 e. The van der Waals surface area contributed by atoms with E-state index in [2.05, 4.69) is 10.3 Å². The molecule has 1 aromatic carbocycles. The van der Waals surface area contributed by atoms with E-state index in [9.17, 15) is 4.79 Å². The van der Waals surface area contributed by atoms with Crippen molar-refractivity contribution in [3.63, 3.8) is 0 Å². The van der Waals surface area contributed by atoms with Crippen LogP contribution in [0.4, 0.5) is 0 Å². The Balaban J connectivity index is 1.63. The minimum atomic E-state index is -0.556. The maximum atomic E-state index is 12.7. The van der Waals surface area contributed by atoms with E-state index in [0.29, 0.717) is 23.9 Å². The summed E-state index contributed by atoms with van der Waals surface area (Å²) in [5, 5.41) is 4.03. The highest BCUT2D eigenvalue weighted by Crippen LogP contribution is 2.20. The summed E-state index contributed by atoms with van der Waals surface area (Å²) >= 11 is 5.95. The highest BCUT2D eigenvalue weighted by Gasteiger charge is 2.28. The largest absolute Gasteiger partial charge is 0.481 e. The zero-order valence-corrected chi connectivity index (χ0v) is 14.2. The number of piperazine rings is 1. The van der Waals surface area contributed by atoms with Gasteiger partial charge in [-0.1, -0.05) is 17.7 Å². The second-order valence-corrected chi connectivity index (χ2v) is 6.23. The first-order valence-corrected chi connectivity index (χ1v) is 8.35. The summed E-state index contributed by atoms with van der Waals surface area (Å²) in [6.45, 7) is 3.81. The van der Waals surface area contributed by atoms with Crippen LogP contribution < -0.4 is 10.1 Å². The lowest BCUT2D eigenvalue weighted by Crippen LogP contribution is -2.51. The second kappa shape index (κ2) is 7.64. The molecule has 5 nitrogen and oxygen atoms in total. The van der Waals surface area contributed by atoms with Gasteiger partial charge < -0.3 is 15.0 Å². The van der Waals surface area contributed by atoms with Gasteiger partial charge >= 0.3 is 0 Å². The lowest BCUT2D eigenvalue weighted by molar-refractivity contribution is -0.139. The molecule has 3 rings (SSSR count). The molecular formula is C18H20ClN3O2. The molecule has 0 aliphatic carbocycles. The van der Waals surface area contributed by atoms with Crippen LogP contribution in [0.1, 0.15) is 18.5 Å². The van der Waals surface area contributed by atoms with Crippen LogP contribution in [0.15, 0.2) is 48.8 Å². The smallest absolute Gasteiger partial charge is 0.263 e. The molecule has 1 N–H and O–H groups in total. The van der Waals surface area contributed by atoms with Crippen LogP contribution in [0.5, 0.6) is 5.75 Å². The van der Waals surface area contributed by atoms with Crippen molar-refractivity contribution in [1.82, 2.24) is 15.2 Å². The van der Waals surface area contributed by atoms with E-state index in [-0.39, 0.29) is 11.9 Å². The van der Waals surface area contributed by atoms with Crippen LogP contribution in [-0.2, 0) is 4.79 Å². The van der Waals surface area contributed by atoms with Crippen LogP contribution in [-0.4, -0.2) is 41.5 Å². The number of carbonyl (C=O) groups excluding carboxylic acids is 1. The summed E-state index contributed by atoms with van der Waals surface area (Å²) in [4.78, 5) is 18.6. The van der Waals surface area contributed by atoms with Crippen LogP contribution in [0.25, 0.3) is 0 Å². The Labute approximate surface area is 146 Å². The first-order chi connectivity index (χ1) is 11.6. The van der Waals surface area contributed by atoms with E-state index in [0.717, 1.165) is 12.1 Å². The molecule has 1 amide bonds. The van der Waals surface area contributed by atoms with Crippen molar-refractivity contribution in [2.45, 2.75) is 19.1 Å². The van der Waals surface area contributed by atoms with Crippen LogP contribution >= 0.6 is 11.6 Å². The molecule has 0 bridgehead atoms. The van der Waals surface area contributed by atoms with Gasteiger partial charge in [-0.3, -0.25) is 9.78 Å². The monoisotopic (exact) mass is 345 g/mol. The van der Waals surface area contributed by atoms with Crippen molar-refractivity contribution in [3.05, 3.63) is 59.4 Å². The van der Waals surface area contributed by atoms with Crippen molar-refractivity contribution in [2.24, 2.45) is 0 Å². The third-order valence-electron chi connectivity index (χ3n) is 4.05. The number of halogens is 1. The van der Waals surface area contributed by atoms with Gasteiger partial charge in [-0.2, -0.15) is 0 Å². The van der Waals surface area contributed by atoms with E-state index < -0.39 is 6.10 Å². The molecule has 2 atom stereocenters. The first kappa shape index (κ1) is 16.7. The van der Waals surface area contributed by atoms with Crippen molar-refractivity contribution >= 4 is 17.5 Å². The summed E-state index contributed by atoms with van der Waals surface area (Å²) in [6, 6.07) is 11.1. The third-order valence-corrected chi connectivity index (χ3v) is 4.29. The van der Waals surface area contributed by atoms with Crippen LogP contribution in [0.2, 0.25) is 5.02 Å². The quantitative estimate of drug-likeness (QED) is 0.925. The van der Waals surface area contributed by atoms with Crippen molar-refractivity contribution in [3.8, 4) is 5.75 Å². The summed E-state index contributed by atoms with van der Waals surface area (Å²) in [6.07, 6.45) is 2.98. The fourth-order valence-corrected chi connectivity index (χ4v) is 3.00. The maximum absolute atomic E-state index is 12.7. The Kier molecular flexibility index (Phi) is 5.33. The van der Waals surface area contributed by atoms with E-state index in [1.807, 2.05) is 17.0 Å². The summed E-state index contributed by atoms with van der Waals surface area (Å²) < 4.78 is 5.75. The Morgan fingerprint density at radius 2 is 2.17 bits per heavy atom. The van der Waals surface area contributed by atoms with Crippen molar-refractivity contribution in [1.29, 1.82) is 0 Å². The van der Waals surface area contributed by atoms with Gasteiger partial charge in [0.25, 0.3) is 5.91 Å². The number of hydrogen-bond acceptors (Lipinski definition) is 4. The molecule has 0 unspecified atom stereocenters. The van der Waals surface area contributed by atoms with Gasteiger partial charge in [0.05, 0.1) is 6.04 Å². The van der Waals surface area contributed by atoms with Crippen molar-refractivity contribution in [2.75, 3.05) is 19.6 Å². The predicted octanol–water partition coefficient (Wildman–Crippen LogP) is 2.68. The van der Waals surface area contributed by atoms with E-state index in [1.165, 1.54) is 0 Å². The second-order valence-electron chi connectivity index (χ2n) is 5.79. The Hall–Kier alpha value is -2.11. The Morgan fingerprint density at radius 1 is 1.38 bits per heavy atom. The first-order valence-electron chi connectivity index (χ1n) is 7.98. The predicted molar refractivity (Wildman–Crippen MR) is 93.1 cm³/mol. The number of benzene rings is 1. The van der Waals surface area contributed by atoms with E-state index in [4.69, 9.17) is 16.3 Å². The maximum Gasteiger partial charge on any atom is 0.263 e. The van der Waals surface area contributed by atoms with Gasteiger partial charge in [-0.25, -0.2) is 0 Å². The van der Waals surface area contributed by atoms with Gasteiger partial charge in [-0.15, -0.1) is 0 Å². The highest BCUT2D eigenvalue weighted by molar-refractivity contribution is 6.30. The number of ether oxygens (including phenoxy) is 1. The molecule has 0 spiro atoms. The standard InChI is InChI=1S/C18H20ClN3O2/c1-13(24-16-4-2-3-15(19)11-16)18(23)22-10-9-21-17(12-22)14-5-7-20-8-6-14/h2-8,11,13,17,21H,9-10,12H2,1H3/t13-,17-/m1/s1. The molecule has 1 saturated heterocycles. The van der Waals surface area contributed by atoms with Gasteiger partial charge in [0.1, 0.15) is 5.75 Å². The van der Waals surface area contributed by atoms with Gasteiger partial charge in [0.15, 0.2) is 6.10 Å². The summed E-state index contributed by atoms with van der Waals surface area (Å²) in [5.74, 6) is 0.583. The normalized spacial score (nSPS) is 18.9. The number of nitrogens with zero attached hydrogens (tertiary/aromatic N) is 2. The van der Waals surface area contributed by atoms with Gasteiger partial charge in [0.2, 0.25) is 0 Å². The van der Waals surface area contributed by atoms with Crippen LogP contribution in [0.3, 0.4) is 0 Å². The summed E-state index contributed by atoms with van der Waals surface area (Å²) in [7, 11) is 0. The molecule has 24 heavy (non-hydrogen) atoms. The molecule has 1 fully saturated rings. The molecule has 6 heteroatoms. The summed E-state index contributed by atoms with van der Waals surface area (Å²) in [5.41, 5.74) is 1.13. The molecule has 2 heterocycles. The van der Waals surface area contributed by atoms with Crippen molar-refractivity contribution < 1.29 is 9.53 Å². The number of hydrogen-bond donors (Lipinski definition) is 1. The molecule has 0 saturated carbocycles. The zero-order chi connectivity index (χ0) is 16.9. The average molecular weight is 346 g/mol. The highest BCUT2D eigenvalue weighted by atomic mass is 35.5. The lowest BCUT2D eigenvalue weighted by Gasteiger charge is -2.35. The molecule has 0 radical (unpaired) electrons. The lowest BCUT2D eigenvalue weighted by atomic mass is 10.1. The fraction of sp³-hybridized carbons (Fsp3) is 0.333. The van der Waals surface area contributed by atoms with Gasteiger partial charge in [-0.05, 0) is 42.8 Å². The SMILES string of the molecule is C[C@@H](Oc1cccc(Cl)c1)C(=O)N1CCN[C@@H](c2ccncc2)C1. The molecule has 126 valence electrons. The van der Waals surface area contributed by atoms with E-state index in [1.54, 1.807) is 43.6 Å². The van der Waals surface area contributed by atoms with Crippen LogP contribution in [0, 0.1) is 0 Å². The minimum absolute atomic E-state index is 0.0180. The molecule has 2 aromatic rings. The Morgan fingerprint density at radius 3 is 2.92 bits per heavy atom. The third kappa shape index (κ3) is 4.04. The fourth-order valence-electron chi connectivity index (χ4n) is 2.82. The molecule has 1 aromatic heterocycles. The number of amides is 1. The Bertz CT molecular complexity index is 696.